The molecule has 1 unspecified atom stereocenters. The highest BCUT2D eigenvalue weighted by Crippen LogP contribution is 2.16. The molecule has 0 aliphatic rings. The van der Waals surface area contributed by atoms with E-state index < -0.39 is 35.8 Å². The summed E-state index contributed by atoms with van der Waals surface area (Å²) in [6.45, 7) is 1.22. The Morgan fingerprint density at radius 3 is 2.00 bits per heavy atom. The smallest absolute Gasteiger partial charge is 0.325 e. The van der Waals surface area contributed by atoms with Crippen LogP contribution in [0.25, 0.3) is 0 Å². The zero-order valence-corrected chi connectivity index (χ0v) is 8.39. The largest absolute Gasteiger partial charge is 0.481 e. The van der Waals surface area contributed by atoms with E-state index >= 15 is 0 Å². The van der Waals surface area contributed by atoms with Gasteiger partial charge in [0.25, 0.3) is 0 Å². The number of carboxylic acids is 2. The van der Waals surface area contributed by atoms with Crippen molar-refractivity contribution >= 4 is 17.9 Å². The third-order valence-corrected chi connectivity index (χ3v) is 1.88. The van der Waals surface area contributed by atoms with Crippen molar-refractivity contribution in [2.24, 2.45) is 11.7 Å². The minimum absolute atomic E-state index is 0.523. The monoisotopic (exact) mass is 219 g/mol. The molecule has 7 heteroatoms. The summed E-state index contributed by atoms with van der Waals surface area (Å²) in [7, 11) is 1.09. The molecule has 0 fully saturated rings. The van der Waals surface area contributed by atoms with Crippen LogP contribution in [-0.2, 0) is 19.1 Å². The van der Waals surface area contributed by atoms with Crippen LogP contribution in [0, 0.1) is 5.92 Å². The van der Waals surface area contributed by atoms with Crippen molar-refractivity contribution in [1.82, 2.24) is 0 Å². The second-order valence-corrected chi connectivity index (χ2v) is 3.34. The first-order chi connectivity index (χ1) is 6.72. The van der Waals surface area contributed by atoms with E-state index in [0.29, 0.717) is 0 Å². The molecule has 0 aliphatic carbocycles. The maximum atomic E-state index is 11.1. The fourth-order valence-electron chi connectivity index (χ4n) is 1.02. The molecule has 0 aromatic rings. The normalized spacial score (nSPS) is 14.4. The lowest BCUT2D eigenvalue weighted by Crippen LogP contribution is -2.49. The molecule has 0 spiro atoms. The van der Waals surface area contributed by atoms with Crippen LogP contribution in [-0.4, -0.2) is 40.8 Å². The van der Waals surface area contributed by atoms with Crippen molar-refractivity contribution in [3.8, 4) is 0 Å². The molecule has 0 aliphatic heterocycles. The molecule has 0 saturated heterocycles. The average Bonchev–Trinajstić information content (AvgIpc) is 2.11. The van der Waals surface area contributed by atoms with Gasteiger partial charge in [0.1, 0.15) is 5.54 Å². The van der Waals surface area contributed by atoms with Crippen LogP contribution in [0.4, 0.5) is 0 Å². The van der Waals surface area contributed by atoms with Crippen LogP contribution in [0.2, 0.25) is 0 Å². The van der Waals surface area contributed by atoms with Gasteiger partial charge in [-0.05, 0) is 13.3 Å². The van der Waals surface area contributed by atoms with E-state index in [9.17, 15) is 14.4 Å². The van der Waals surface area contributed by atoms with Gasteiger partial charge in [0.2, 0.25) is 0 Å². The number of carboxylic acid groups (broad SMARTS) is 2. The Hall–Kier alpha value is -1.63. The van der Waals surface area contributed by atoms with Crippen molar-refractivity contribution < 1.29 is 29.3 Å². The number of aliphatic carboxylic acids is 2. The zero-order chi connectivity index (χ0) is 12.2. The predicted molar refractivity (Wildman–Crippen MR) is 48.0 cm³/mol. The fraction of sp³-hybridized carbons (Fsp3) is 0.625. The molecular formula is C8H13NO6. The number of carbonyl (C=O) groups excluding carboxylic acids is 1. The molecule has 0 rings (SSSR count). The number of esters is 1. The van der Waals surface area contributed by atoms with Crippen molar-refractivity contribution in [1.29, 1.82) is 0 Å². The summed E-state index contributed by atoms with van der Waals surface area (Å²) in [5.74, 6) is -5.65. The van der Waals surface area contributed by atoms with Crippen LogP contribution in [0.3, 0.4) is 0 Å². The van der Waals surface area contributed by atoms with Crippen molar-refractivity contribution in [2.45, 2.75) is 18.9 Å². The number of hydrogen-bond donors (Lipinski definition) is 3. The van der Waals surface area contributed by atoms with E-state index in [-0.39, 0.29) is 0 Å². The molecule has 0 saturated carbocycles. The number of carbonyl (C=O) groups is 3. The molecule has 0 amide bonds. The molecule has 7 nitrogen and oxygen atoms in total. The number of methoxy groups -OCH3 is 1. The minimum atomic E-state index is -1.72. The first-order valence-corrected chi connectivity index (χ1v) is 4.05. The summed E-state index contributed by atoms with van der Waals surface area (Å²) in [6.07, 6.45) is -0.523. The van der Waals surface area contributed by atoms with E-state index in [1.807, 2.05) is 0 Å². The van der Waals surface area contributed by atoms with Gasteiger partial charge in [0, 0.05) is 0 Å². The van der Waals surface area contributed by atoms with Crippen LogP contribution in [0.5, 0.6) is 0 Å². The highest BCUT2D eigenvalue weighted by atomic mass is 16.5. The summed E-state index contributed by atoms with van der Waals surface area (Å²) in [6, 6.07) is 0. The summed E-state index contributed by atoms with van der Waals surface area (Å²) in [5.41, 5.74) is 3.82. The standard InChI is InChI=1S/C8H13NO6/c1-8(9,7(14)15-2)3-4(5(10)11)6(12)13/h4H,3,9H2,1-2H3,(H,10,11)(H,12,13). The summed E-state index contributed by atoms with van der Waals surface area (Å²) in [4.78, 5) is 32.2. The second kappa shape index (κ2) is 4.74. The molecule has 0 aromatic heterocycles. The van der Waals surface area contributed by atoms with E-state index in [1.54, 1.807) is 0 Å². The Balaban J connectivity index is 4.74. The van der Waals surface area contributed by atoms with Gasteiger partial charge < -0.3 is 20.7 Å². The summed E-state index contributed by atoms with van der Waals surface area (Å²) in [5, 5.41) is 17.1. The molecule has 0 heterocycles. The first-order valence-electron chi connectivity index (χ1n) is 4.05. The Kier molecular flexibility index (Phi) is 4.22. The van der Waals surface area contributed by atoms with Gasteiger partial charge in [-0.15, -0.1) is 0 Å². The number of ether oxygens (including phenoxy) is 1. The van der Waals surface area contributed by atoms with E-state index in [4.69, 9.17) is 15.9 Å². The predicted octanol–water partition coefficient (Wildman–Crippen LogP) is -0.948. The number of nitrogens with two attached hydrogens (primary N) is 1. The van der Waals surface area contributed by atoms with Crippen molar-refractivity contribution in [3.05, 3.63) is 0 Å². The van der Waals surface area contributed by atoms with Crippen LogP contribution < -0.4 is 5.73 Å². The zero-order valence-electron chi connectivity index (χ0n) is 8.39. The molecular weight excluding hydrogens is 206 g/mol. The van der Waals surface area contributed by atoms with Crippen molar-refractivity contribution in [2.75, 3.05) is 7.11 Å². The molecule has 0 radical (unpaired) electrons. The van der Waals surface area contributed by atoms with Crippen molar-refractivity contribution in [3.63, 3.8) is 0 Å². The van der Waals surface area contributed by atoms with Gasteiger partial charge in [-0.25, -0.2) is 0 Å². The summed E-state index contributed by atoms with van der Waals surface area (Å²) < 4.78 is 4.33. The fourth-order valence-corrected chi connectivity index (χ4v) is 1.02. The quantitative estimate of drug-likeness (QED) is 0.402. The number of rotatable bonds is 5. The van der Waals surface area contributed by atoms with E-state index in [2.05, 4.69) is 4.74 Å². The van der Waals surface area contributed by atoms with E-state index in [0.717, 1.165) is 7.11 Å². The lowest BCUT2D eigenvalue weighted by molar-refractivity contribution is -0.157. The van der Waals surface area contributed by atoms with Crippen LogP contribution >= 0.6 is 0 Å². The maximum absolute atomic E-state index is 11.1. The molecule has 0 bridgehead atoms. The Morgan fingerprint density at radius 1 is 1.33 bits per heavy atom. The van der Waals surface area contributed by atoms with Crippen LogP contribution in [0.15, 0.2) is 0 Å². The average molecular weight is 219 g/mol. The van der Waals surface area contributed by atoms with Gasteiger partial charge in [-0.3, -0.25) is 14.4 Å². The highest BCUT2D eigenvalue weighted by Gasteiger charge is 2.38. The van der Waals surface area contributed by atoms with Gasteiger partial charge in [-0.2, -0.15) is 0 Å². The molecule has 4 N–H and O–H groups in total. The third-order valence-electron chi connectivity index (χ3n) is 1.88. The summed E-state index contributed by atoms with van der Waals surface area (Å²) >= 11 is 0. The molecule has 0 aromatic carbocycles. The van der Waals surface area contributed by atoms with E-state index in [1.165, 1.54) is 6.92 Å². The lowest BCUT2D eigenvalue weighted by Gasteiger charge is -2.23. The second-order valence-electron chi connectivity index (χ2n) is 3.34. The minimum Gasteiger partial charge on any atom is -0.481 e. The van der Waals surface area contributed by atoms with Gasteiger partial charge in [0.15, 0.2) is 5.92 Å². The van der Waals surface area contributed by atoms with Crippen LogP contribution in [0.1, 0.15) is 13.3 Å². The number of hydrogen-bond acceptors (Lipinski definition) is 5. The molecule has 1 atom stereocenters. The highest BCUT2D eigenvalue weighted by molar-refractivity contribution is 5.94. The van der Waals surface area contributed by atoms with Gasteiger partial charge in [-0.1, -0.05) is 0 Å². The Labute approximate surface area is 85.8 Å². The first kappa shape index (κ1) is 13.4. The third kappa shape index (κ3) is 3.55. The Morgan fingerprint density at radius 2 is 1.73 bits per heavy atom. The molecule has 15 heavy (non-hydrogen) atoms. The topological polar surface area (TPSA) is 127 Å². The van der Waals surface area contributed by atoms with Gasteiger partial charge >= 0.3 is 17.9 Å². The molecule has 86 valence electrons. The Bertz CT molecular complexity index is 271. The SMILES string of the molecule is COC(=O)C(C)(N)CC(C(=O)O)C(=O)O. The maximum Gasteiger partial charge on any atom is 0.325 e. The lowest BCUT2D eigenvalue weighted by atomic mass is 9.90. The van der Waals surface area contributed by atoms with Gasteiger partial charge in [0.05, 0.1) is 7.11 Å².